The molecule has 0 aliphatic carbocycles. The molecule has 0 saturated carbocycles. The lowest BCUT2D eigenvalue weighted by molar-refractivity contribution is -0.135. The summed E-state index contributed by atoms with van der Waals surface area (Å²) in [6.45, 7) is 8.05. The molecule has 1 amide bonds. The van der Waals surface area contributed by atoms with Crippen LogP contribution in [0.15, 0.2) is 24.3 Å². The lowest BCUT2D eigenvalue weighted by atomic mass is 9.86. The number of piperidine rings is 1. The maximum absolute atomic E-state index is 13.1. The van der Waals surface area contributed by atoms with Gasteiger partial charge in [-0.2, -0.15) is 0 Å². The number of carbonyl (C=O) groups is 1. The molecule has 1 aromatic carbocycles. The molecular weight excluding hydrogens is 253 g/mol. The summed E-state index contributed by atoms with van der Waals surface area (Å²) in [5, 5.41) is 0. The molecule has 1 aromatic rings. The molecule has 1 aliphatic heterocycles. The van der Waals surface area contributed by atoms with Crippen LogP contribution in [-0.4, -0.2) is 23.9 Å². The Bertz CT molecular complexity index is 447. The smallest absolute Gasteiger partial charge is 0.230 e. The van der Waals surface area contributed by atoms with Gasteiger partial charge in [0.1, 0.15) is 5.82 Å². The third-order valence-electron chi connectivity index (χ3n) is 4.26. The Kier molecular flexibility index (Phi) is 4.79. The highest BCUT2D eigenvalue weighted by atomic mass is 19.1. The molecule has 0 spiro atoms. The molecule has 0 N–H and O–H groups in total. The van der Waals surface area contributed by atoms with E-state index in [2.05, 4.69) is 20.8 Å². The predicted octanol–water partition coefficient (Wildman–Crippen LogP) is 3.82. The minimum absolute atomic E-state index is 0.163. The highest BCUT2D eigenvalue weighted by Gasteiger charge is 2.30. The minimum atomic E-state index is -0.254. The topological polar surface area (TPSA) is 20.3 Å². The molecule has 2 nitrogen and oxygen atoms in total. The van der Waals surface area contributed by atoms with E-state index < -0.39 is 0 Å². The molecule has 110 valence electrons. The van der Waals surface area contributed by atoms with Crippen LogP contribution in [0.4, 0.5) is 4.39 Å². The van der Waals surface area contributed by atoms with Crippen molar-refractivity contribution in [3.05, 3.63) is 35.6 Å². The summed E-state index contributed by atoms with van der Waals surface area (Å²) in [5.41, 5.74) is 0.921. The van der Waals surface area contributed by atoms with Crippen LogP contribution in [-0.2, 0) is 4.79 Å². The fraction of sp³-hybridized carbons (Fsp3) is 0.588. The van der Waals surface area contributed by atoms with Gasteiger partial charge < -0.3 is 4.90 Å². The molecule has 20 heavy (non-hydrogen) atoms. The summed E-state index contributed by atoms with van der Waals surface area (Å²) < 4.78 is 13.1. The van der Waals surface area contributed by atoms with Crippen molar-refractivity contribution in [3.8, 4) is 0 Å². The second-order valence-electron chi connectivity index (χ2n) is 6.28. The van der Waals surface area contributed by atoms with Gasteiger partial charge in [-0.05, 0) is 42.4 Å². The van der Waals surface area contributed by atoms with Crippen molar-refractivity contribution in [1.29, 1.82) is 0 Å². The molecule has 1 atom stereocenters. The quantitative estimate of drug-likeness (QED) is 0.822. The summed E-state index contributed by atoms with van der Waals surface area (Å²) in [6, 6.07) is 6.36. The first kappa shape index (κ1) is 15.0. The largest absolute Gasteiger partial charge is 0.342 e. The number of hydrogen-bond donors (Lipinski definition) is 0. The van der Waals surface area contributed by atoms with Gasteiger partial charge in [-0.3, -0.25) is 4.79 Å². The van der Waals surface area contributed by atoms with Gasteiger partial charge in [0.2, 0.25) is 5.91 Å². The van der Waals surface area contributed by atoms with E-state index in [1.54, 1.807) is 12.1 Å². The van der Waals surface area contributed by atoms with Gasteiger partial charge in [0.05, 0.1) is 5.92 Å². The van der Waals surface area contributed by atoms with Crippen molar-refractivity contribution in [3.63, 3.8) is 0 Å². The first-order valence-corrected chi connectivity index (χ1v) is 7.53. The molecule has 3 heteroatoms. The van der Waals surface area contributed by atoms with Crippen molar-refractivity contribution < 1.29 is 9.18 Å². The van der Waals surface area contributed by atoms with Gasteiger partial charge >= 0.3 is 0 Å². The Balaban J connectivity index is 2.16. The first-order chi connectivity index (χ1) is 9.49. The van der Waals surface area contributed by atoms with Crippen LogP contribution in [0.5, 0.6) is 0 Å². The van der Waals surface area contributed by atoms with Gasteiger partial charge in [0.25, 0.3) is 0 Å². The third kappa shape index (κ3) is 3.38. The zero-order valence-corrected chi connectivity index (χ0v) is 12.6. The van der Waals surface area contributed by atoms with Crippen LogP contribution >= 0.6 is 0 Å². The second-order valence-corrected chi connectivity index (χ2v) is 6.28. The summed E-state index contributed by atoms with van der Waals surface area (Å²) in [6.07, 6.45) is 2.17. The minimum Gasteiger partial charge on any atom is -0.342 e. The zero-order chi connectivity index (χ0) is 14.7. The van der Waals surface area contributed by atoms with Crippen LogP contribution < -0.4 is 0 Å². The Morgan fingerprint density at radius 1 is 1.20 bits per heavy atom. The molecule has 2 rings (SSSR count). The van der Waals surface area contributed by atoms with Crippen molar-refractivity contribution in [2.24, 2.45) is 11.8 Å². The van der Waals surface area contributed by atoms with Gasteiger partial charge in [0.15, 0.2) is 0 Å². The van der Waals surface area contributed by atoms with E-state index in [4.69, 9.17) is 0 Å². The first-order valence-electron chi connectivity index (χ1n) is 7.53. The van der Waals surface area contributed by atoms with Crippen molar-refractivity contribution >= 4 is 5.91 Å². The number of benzene rings is 1. The lowest BCUT2D eigenvalue weighted by Crippen LogP contribution is -2.41. The van der Waals surface area contributed by atoms with Gasteiger partial charge in [-0.15, -0.1) is 0 Å². The standard InChI is InChI=1S/C17H24FNO/c1-12(2)16(14-4-6-15(18)7-5-14)17(20)19-10-8-13(3)9-11-19/h4-7,12-13,16H,8-11H2,1-3H3. The average molecular weight is 277 g/mol. The van der Waals surface area contributed by atoms with E-state index >= 15 is 0 Å². The van der Waals surface area contributed by atoms with E-state index in [1.807, 2.05) is 4.90 Å². The molecule has 1 aliphatic rings. The fourth-order valence-corrected chi connectivity index (χ4v) is 2.91. The number of hydrogen-bond acceptors (Lipinski definition) is 1. The number of nitrogens with zero attached hydrogens (tertiary/aromatic N) is 1. The van der Waals surface area contributed by atoms with Crippen LogP contribution in [0.1, 0.15) is 45.1 Å². The Hall–Kier alpha value is -1.38. The summed E-state index contributed by atoms with van der Waals surface area (Å²) in [7, 11) is 0. The number of halogens is 1. The molecule has 0 bridgehead atoms. The maximum atomic E-state index is 13.1. The third-order valence-corrected chi connectivity index (χ3v) is 4.26. The number of amides is 1. The number of carbonyl (C=O) groups excluding carboxylic acids is 1. The maximum Gasteiger partial charge on any atom is 0.230 e. The normalized spacial score (nSPS) is 18.4. The molecule has 1 saturated heterocycles. The second kappa shape index (κ2) is 6.38. The van der Waals surface area contributed by atoms with E-state index in [1.165, 1.54) is 12.1 Å². The van der Waals surface area contributed by atoms with Crippen LogP contribution in [0, 0.1) is 17.7 Å². The summed E-state index contributed by atoms with van der Waals surface area (Å²) in [5.74, 6) is 0.702. The van der Waals surface area contributed by atoms with Gasteiger partial charge in [-0.25, -0.2) is 4.39 Å². The molecule has 1 unspecified atom stereocenters. The van der Waals surface area contributed by atoms with Crippen molar-refractivity contribution in [2.75, 3.05) is 13.1 Å². The molecule has 1 fully saturated rings. The van der Waals surface area contributed by atoms with E-state index in [9.17, 15) is 9.18 Å². The van der Waals surface area contributed by atoms with Crippen molar-refractivity contribution in [2.45, 2.75) is 39.5 Å². The highest BCUT2D eigenvalue weighted by molar-refractivity contribution is 5.84. The fourth-order valence-electron chi connectivity index (χ4n) is 2.91. The highest BCUT2D eigenvalue weighted by Crippen LogP contribution is 2.29. The average Bonchev–Trinajstić information content (AvgIpc) is 2.41. The van der Waals surface area contributed by atoms with E-state index in [0.29, 0.717) is 5.92 Å². The van der Waals surface area contributed by atoms with Crippen LogP contribution in [0.3, 0.4) is 0 Å². The van der Waals surface area contributed by atoms with E-state index in [0.717, 1.165) is 31.5 Å². The SMILES string of the molecule is CC1CCN(C(=O)C(c2ccc(F)cc2)C(C)C)CC1. The molecule has 0 radical (unpaired) electrons. The number of rotatable bonds is 3. The molecule has 1 heterocycles. The van der Waals surface area contributed by atoms with E-state index in [-0.39, 0.29) is 23.6 Å². The summed E-state index contributed by atoms with van der Waals surface area (Å²) in [4.78, 5) is 14.7. The lowest BCUT2D eigenvalue weighted by Gasteiger charge is -2.34. The molecule has 0 aromatic heterocycles. The Labute approximate surface area is 121 Å². The van der Waals surface area contributed by atoms with Crippen LogP contribution in [0.25, 0.3) is 0 Å². The zero-order valence-electron chi connectivity index (χ0n) is 12.6. The molecular formula is C17H24FNO. The monoisotopic (exact) mass is 277 g/mol. The van der Waals surface area contributed by atoms with Crippen LogP contribution in [0.2, 0.25) is 0 Å². The van der Waals surface area contributed by atoms with Crippen molar-refractivity contribution in [1.82, 2.24) is 4.90 Å². The van der Waals surface area contributed by atoms with Gasteiger partial charge in [-0.1, -0.05) is 32.9 Å². The van der Waals surface area contributed by atoms with Gasteiger partial charge in [0, 0.05) is 13.1 Å². The predicted molar refractivity (Wildman–Crippen MR) is 79.0 cm³/mol. The Morgan fingerprint density at radius 2 is 1.75 bits per heavy atom. The summed E-state index contributed by atoms with van der Waals surface area (Å²) >= 11 is 0. The Morgan fingerprint density at radius 3 is 2.25 bits per heavy atom. The number of likely N-dealkylation sites (tertiary alicyclic amines) is 1.